The third-order valence-electron chi connectivity index (χ3n) is 5.29. The van der Waals surface area contributed by atoms with E-state index in [-0.39, 0.29) is 37.1 Å². The van der Waals surface area contributed by atoms with Crippen LogP contribution in [0.2, 0.25) is 0 Å². The van der Waals surface area contributed by atoms with Gasteiger partial charge in [-0.2, -0.15) is 0 Å². The fourth-order valence-electron chi connectivity index (χ4n) is 3.50. The van der Waals surface area contributed by atoms with E-state index < -0.39 is 0 Å². The van der Waals surface area contributed by atoms with Gasteiger partial charge < -0.3 is 10.2 Å². The first-order chi connectivity index (χ1) is 14.4. The second kappa shape index (κ2) is 9.48. The lowest BCUT2D eigenvalue weighted by Gasteiger charge is -2.22. The maximum Gasteiger partial charge on any atom is 0.239 e. The molecule has 0 atom stereocenters. The van der Waals surface area contributed by atoms with Gasteiger partial charge in [-0.25, -0.2) is 4.39 Å². The molecule has 156 valence electrons. The first-order valence-electron chi connectivity index (χ1n) is 10.0. The first-order valence-corrected chi connectivity index (χ1v) is 10.0. The van der Waals surface area contributed by atoms with Gasteiger partial charge in [0.05, 0.1) is 18.5 Å². The van der Waals surface area contributed by atoms with Crippen LogP contribution in [0.1, 0.15) is 29.3 Å². The third kappa shape index (κ3) is 5.00. The molecule has 0 aliphatic heterocycles. The second-order valence-electron chi connectivity index (χ2n) is 7.31. The lowest BCUT2D eigenvalue weighted by molar-refractivity contribution is -0.135. The van der Waals surface area contributed by atoms with E-state index in [9.17, 15) is 14.0 Å². The van der Waals surface area contributed by atoms with Gasteiger partial charge in [0, 0.05) is 24.2 Å². The van der Waals surface area contributed by atoms with Crippen molar-refractivity contribution < 1.29 is 14.0 Å². The van der Waals surface area contributed by atoms with E-state index >= 15 is 0 Å². The normalized spacial score (nSPS) is 10.8. The molecule has 2 aromatic carbocycles. The Labute approximate surface area is 175 Å². The Kier molecular flexibility index (Phi) is 6.77. The van der Waals surface area contributed by atoms with Crippen molar-refractivity contribution in [1.82, 2.24) is 15.2 Å². The number of nitrogens with zero attached hydrogens (tertiary/aromatic N) is 2. The number of carbonyl (C=O) groups is 2. The highest BCUT2D eigenvalue weighted by Crippen LogP contribution is 2.23. The first kappa shape index (κ1) is 21.4. The lowest BCUT2D eigenvalue weighted by atomic mass is 9.99. The minimum atomic E-state index is -0.318. The number of benzene rings is 2. The van der Waals surface area contributed by atoms with Crippen LogP contribution in [0.5, 0.6) is 0 Å². The summed E-state index contributed by atoms with van der Waals surface area (Å²) in [6.45, 7) is 6.47. The zero-order chi connectivity index (χ0) is 21.7. The summed E-state index contributed by atoms with van der Waals surface area (Å²) in [5, 5.41) is 3.81. The van der Waals surface area contributed by atoms with Crippen LogP contribution in [0.3, 0.4) is 0 Å². The predicted octanol–water partition coefficient (Wildman–Crippen LogP) is 3.70. The van der Waals surface area contributed by atoms with Crippen molar-refractivity contribution in [3.05, 3.63) is 76.7 Å². The Morgan fingerprint density at radius 2 is 1.77 bits per heavy atom. The maximum atomic E-state index is 13.0. The topological polar surface area (TPSA) is 62.3 Å². The van der Waals surface area contributed by atoms with E-state index in [0.717, 1.165) is 33.3 Å². The number of pyridine rings is 1. The van der Waals surface area contributed by atoms with Crippen molar-refractivity contribution in [2.75, 3.05) is 13.1 Å². The van der Waals surface area contributed by atoms with Crippen LogP contribution < -0.4 is 5.32 Å². The number of hydrogen-bond acceptors (Lipinski definition) is 3. The van der Waals surface area contributed by atoms with Crippen LogP contribution in [0.25, 0.3) is 10.9 Å². The Hall–Kier alpha value is -3.28. The average Bonchev–Trinajstić information content (AvgIpc) is 2.74. The molecule has 0 fully saturated rings. The van der Waals surface area contributed by atoms with Gasteiger partial charge >= 0.3 is 0 Å². The number of likely N-dealkylation sites (N-methyl/N-ethyl adjacent to an activating group) is 1. The van der Waals surface area contributed by atoms with Gasteiger partial charge in [-0.1, -0.05) is 30.3 Å². The summed E-state index contributed by atoms with van der Waals surface area (Å²) in [5.74, 6) is -0.682. The van der Waals surface area contributed by atoms with Crippen molar-refractivity contribution >= 4 is 22.7 Å². The van der Waals surface area contributed by atoms with Crippen molar-refractivity contribution in [2.45, 2.75) is 33.7 Å². The van der Waals surface area contributed by atoms with Crippen molar-refractivity contribution in [2.24, 2.45) is 0 Å². The van der Waals surface area contributed by atoms with Gasteiger partial charge in [0.15, 0.2) is 0 Å². The molecule has 0 aliphatic rings. The molecule has 0 spiro atoms. The SMILES string of the molecule is CCN(CC(=O)NCc1ccc(F)cc1)C(=O)Cc1c(C)nc2ccccc2c1C. The molecule has 2 amide bonds. The molecule has 0 radical (unpaired) electrons. The fourth-order valence-corrected chi connectivity index (χ4v) is 3.50. The molecule has 0 unspecified atom stereocenters. The minimum absolute atomic E-state index is 0.0182. The van der Waals surface area contributed by atoms with E-state index in [1.807, 2.05) is 45.0 Å². The summed E-state index contributed by atoms with van der Waals surface area (Å²) in [6.07, 6.45) is 0.203. The van der Waals surface area contributed by atoms with Gasteiger partial charge in [0.1, 0.15) is 5.82 Å². The van der Waals surface area contributed by atoms with Crippen molar-refractivity contribution in [3.63, 3.8) is 0 Å². The Morgan fingerprint density at radius 3 is 2.47 bits per heavy atom. The molecule has 0 saturated heterocycles. The quantitative estimate of drug-likeness (QED) is 0.650. The van der Waals surface area contributed by atoms with Crippen LogP contribution in [-0.2, 0) is 22.6 Å². The number of amides is 2. The molecule has 30 heavy (non-hydrogen) atoms. The lowest BCUT2D eigenvalue weighted by Crippen LogP contribution is -2.41. The van der Waals surface area contributed by atoms with Gasteiger partial charge in [-0.05, 0) is 55.7 Å². The summed E-state index contributed by atoms with van der Waals surface area (Å²) in [5.41, 5.74) is 4.49. The van der Waals surface area contributed by atoms with Crippen LogP contribution in [0.15, 0.2) is 48.5 Å². The molecule has 0 aliphatic carbocycles. The summed E-state index contributed by atoms with van der Waals surface area (Å²) in [7, 11) is 0. The number of carbonyl (C=O) groups excluding carboxylic acids is 2. The van der Waals surface area contributed by atoms with E-state index in [0.29, 0.717) is 6.54 Å². The van der Waals surface area contributed by atoms with Crippen molar-refractivity contribution in [3.8, 4) is 0 Å². The number of fused-ring (bicyclic) bond motifs is 1. The van der Waals surface area contributed by atoms with Crippen LogP contribution in [0, 0.1) is 19.7 Å². The number of rotatable bonds is 7. The molecule has 6 heteroatoms. The summed E-state index contributed by atoms with van der Waals surface area (Å²) < 4.78 is 13.0. The highest BCUT2D eigenvalue weighted by Gasteiger charge is 2.19. The molecule has 1 heterocycles. The summed E-state index contributed by atoms with van der Waals surface area (Å²) >= 11 is 0. The minimum Gasteiger partial charge on any atom is -0.350 e. The summed E-state index contributed by atoms with van der Waals surface area (Å²) in [4.78, 5) is 31.4. The zero-order valence-corrected chi connectivity index (χ0v) is 17.5. The van der Waals surface area contributed by atoms with E-state index in [4.69, 9.17) is 0 Å². The highest BCUT2D eigenvalue weighted by molar-refractivity contribution is 5.88. The summed E-state index contributed by atoms with van der Waals surface area (Å²) in [6, 6.07) is 13.8. The molecule has 1 N–H and O–H groups in total. The number of nitrogens with one attached hydrogen (secondary N) is 1. The molecule has 0 bridgehead atoms. The standard InChI is InChI=1S/C24H26FN3O2/c1-4-28(15-23(29)26-14-18-9-11-19(25)12-10-18)24(30)13-21-16(2)20-7-5-6-8-22(20)27-17(21)3/h5-12H,4,13-15H2,1-3H3,(H,26,29). The largest absolute Gasteiger partial charge is 0.350 e. The third-order valence-corrected chi connectivity index (χ3v) is 5.29. The molecular weight excluding hydrogens is 381 g/mol. The molecule has 1 aromatic heterocycles. The monoisotopic (exact) mass is 407 g/mol. The predicted molar refractivity (Wildman–Crippen MR) is 115 cm³/mol. The molecule has 5 nitrogen and oxygen atoms in total. The fraction of sp³-hybridized carbons (Fsp3) is 0.292. The second-order valence-corrected chi connectivity index (χ2v) is 7.31. The molecule has 3 aromatic rings. The smallest absolute Gasteiger partial charge is 0.239 e. The van der Waals surface area contributed by atoms with E-state index in [2.05, 4.69) is 10.3 Å². The Bertz CT molecular complexity index is 1060. The van der Waals surface area contributed by atoms with Gasteiger partial charge in [-0.15, -0.1) is 0 Å². The van der Waals surface area contributed by atoms with Crippen LogP contribution in [-0.4, -0.2) is 34.8 Å². The highest BCUT2D eigenvalue weighted by atomic mass is 19.1. The Balaban J connectivity index is 1.65. The Morgan fingerprint density at radius 1 is 1.07 bits per heavy atom. The van der Waals surface area contributed by atoms with Gasteiger partial charge in [0.2, 0.25) is 11.8 Å². The van der Waals surface area contributed by atoms with Gasteiger partial charge in [-0.3, -0.25) is 14.6 Å². The van der Waals surface area contributed by atoms with Crippen LogP contribution >= 0.6 is 0 Å². The average molecular weight is 407 g/mol. The van der Waals surface area contributed by atoms with Crippen molar-refractivity contribution in [1.29, 1.82) is 0 Å². The number of para-hydroxylation sites is 1. The number of aromatic nitrogens is 1. The molecular formula is C24H26FN3O2. The number of hydrogen-bond donors (Lipinski definition) is 1. The van der Waals surface area contributed by atoms with E-state index in [1.165, 1.54) is 17.0 Å². The molecule has 0 saturated carbocycles. The van der Waals surface area contributed by atoms with Crippen LogP contribution in [0.4, 0.5) is 4.39 Å². The number of aryl methyl sites for hydroxylation is 2. The van der Waals surface area contributed by atoms with E-state index in [1.54, 1.807) is 12.1 Å². The maximum absolute atomic E-state index is 13.0. The number of halogens is 1. The zero-order valence-electron chi connectivity index (χ0n) is 17.5. The molecule has 3 rings (SSSR count). The van der Waals surface area contributed by atoms with Gasteiger partial charge in [0.25, 0.3) is 0 Å².